The standard InChI is InChI=1S/C15H19N3OS2/c1-11-6-2-3-8-13(11)16-14-17-18-15(21-14)20-10-12-7-4-5-9-19-12/h2-3,6,8,12H,4-5,7,9-10H2,1H3,(H,16,17)/t12-/m1/s1. The molecule has 0 unspecified atom stereocenters. The molecule has 1 aliphatic heterocycles. The van der Waals surface area contributed by atoms with Crippen LogP contribution in [-0.4, -0.2) is 28.7 Å². The fourth-order valence-corrected chi connectivity index (χ4v) is 4.11. The van der Waals surface area contributed by atoms with Crippen molar-refractivity contribution >= 4 is 33.9 Å². The SMILES string of the molecule is Cc1ccccc1Nc1nnc(SC[C@H]2CCCCO2)s1. The molecule has 0 aliphatic carbocycles. The van der Waals surface area contributed by atoms with Gasteiger partial charge in [0.1, 0.15) is 0 Å². The van der Waals surface area contributed by atoms with Gasteiger partial charge >= 0.3 is 0 Å². The zero-order valence-corrected chi connectivity index (χ0v) is 13.7. The smallest absolute Gasteiger partial charge is 0.210 e. The molecule has 21 heavy (non-hydrogen) atoms. The molecule has 6 heteroatoms. The molecule has 2 heterocycles. The second-order valence-electron chi connectivity index (χ2n) is 5.11. The van der Waals surface area contributed by atoms with Crippen LogP contribution < -0.4 is 5.32 Å². The fraction of sp³-hybridized carbons (Fsp3) is 0.467. The Morgan fingerprint density at radius 3 is 3.05 bits per heavy atom. The molecule has 2 aromatic rings. The van der Waals surface area contributed by atoms with Crippen molar-refractivity contribution in [3.05, 3.63) is 29.8 Å². The summed E-state index contributed by atoms with van der Waals surface area (Å²) in [5, 5.41) is 12.6. The number of aromatic nitrogens is 2. The summed E-state index contributed by atoms with van der Waals surface area (Å²) in [5.74, 6) is 0.971. The van der Waals surface area contributed by atoms with Crippen molar-refractivity contribution in [3.63, 3.8) is 0 Å². The Hall–Kier alpha value is -1.11. The van der Waals surface area contributed by atoms with Crippen molar-refractivity contribution in [3.8, 4) is 0 Å². The number of benzene rings is 1. The van der Waals surface area contributed by atoms with Crippen LogP contribution in [0.2, 0.25) is 0 Å². The van der Waals surface area contributed by atoms with Crippen LogP contribution in [0.5, 0.6) is 0 Å². The van der Waals surface area contributed by atoms with E-state index in [0.29, 0.717) is 6.10 Å². The second-order valence-corrected chi connectivity index (χ2v) is 7.36. The summed E-state index contributed by atoms with van der Waals surface area (Å²) in [6, 6.07) is 8.19. The maximum Gasteiger partial charge on any atom is 0.210 e. The lowest BCUT2D eigenvalue weighted by Gasteiger charge is -2.21. The zero-order valence-electron chi connectivity index (χ0n) is 12.0. The van der Waals surface area contributed by atoms with E-state index in [2.05, 4.69) is 34.6 Å². The Labute approximate surface area is 133 Å². The normalized spacial score (nSPS) is 18.6. The molecule has 112 valence electrons. The average molecular weight is 321 g/mol. The van der Waals surface area contributed by atoms with Gasteiger partial charge in [0.2, 0.25) is 5.13 Å². The summed E-state index contributed by atoms with van der Waals surface area (Å²) < 4.78 is 6.74. The van der Waals surface area contributed by atoms with Crippen molar-refractivity contribution in [2.45, 2.75) is 36.6 Å². The van der Waals surface area contributed by atoms with Crippen LogP contribution in [0.1, 0.15) is 24.8 Å². The van der Waals surface area contributed by atoms with Crippen LogP contribution >= 0.6 is 23.1 Å². The number of hydrogen-bond donors (Lipinski definition) is 1. The number of thioether (sulfide) groups is 1. The number of anilines is 2. The molecule has 0 saturated carbocycles. The maximum absolute atomic E-state index is 5.74. The topological polar surface area (TPSA) is 47.0 Å². The van der Waals surface area contributed by atoms with E-state index in [1.807, 2.05) is 12.1 Å². The van der Waals surface area contributed by atoms with Crippen LogP contribution in [0.4, 0.5) is 10.8 Å². The quantitative estimate of drug-likeness (QED) is 0.834. The van der Waals surface area contributed by atoms with E-state index in [9.17, 15) is 0 Å². The van der Waals surface area contributed by atoms with E-state index in [1.54, 1.807) is 23.1 Å². The van der Waals surface area contributed by atoms with Gasteiger partial charge in [-0.2, -0.15) is 0 Å². The van der Waals surface area contributed by atoms with Crippen molar-refractivity contribution in [1.82, 2.24) is 10.2 Å². The lowest BCUT2D eigenvalue weighted by Crippen LogP contribution is -2.21. The van der Waals surface area contributed by atoms with E-state index >= 15 is 0 Å². The van der Waals surface area contributed by atoms with Crippen LogP contribution in [0, 0.1) is 6.92 Å². The Kier molecular flexibility index (Phi) is 5.11. The summed E-state index contributed by atoms with van der Waals surface area (Å²) in [4.78, 5) is 0. The first kappa shape index (κ1) is 14.8. The van der Waals surface area contributed by atoms with Gasteiger partial charge in [-0.05, 0) is 37.8 Å². The monoisotopic (exact) mass is 321 g/mol. The number of hydrogen-bond acceptors (Lipinski definition) is 6. The molecule has 1 aromatic heterocycles. The van der Waals surface area contributed by atoms with Crippen molar-refractivity contribution in [2.75, 3.05) is 17.7 Å². The van der Waals surface area contributed by atoms with E-state index in [4.69, 9.17) is 4.74 Å². The first-order valence-electron chi connectivity index (χ1n) is 7.22. The number of nitrogens with zero attached hydrogens (tertiary/aromatic N) is 2. The number of para-hydroxylation sites is 1. The van der Waals surface area contributed by atoms with Gasteiger partial charge in [0.05, 0.1) is 6.10 Å². The molecule has 1 saturated heterocycles. The molecule has 0 radical (unpaired) electrons. The number of rotatable bonds is 5. The molecular formula is C15H19N3OS2. The molecule has 1 N–H and O–H groups in total. The minimum atomic E-state index is 0.375. The van der Waals surface area contributed by atoms with E-state index in [0.717, 1.165) is 27.5 Å². The molecule has 4 nitrogen and oxygen atoms in total. The lowest BCUT2D eigenvalue weighted by atomic mass is 10.1. The maximum atomic E-state index is 5.74. The van der Waals surface area contributed by atoms with Gasteiger partial charge < -0.3 is 10.1 Å². The molecule has 1 fully saturated rings. The van der Waals surface area contributed by atoms with Crippen molar-refractivity contribution in [1.29, 1.82) is 0 Å². The first-order valence-corrected chi connectivity index (χ1v) is 9.02. The molecule has 3 rings (SSSR count). The summed E-state index contributed by atoms with van der Waals surface area (Å²) in [6.07, 6.45) is 4.02. The van der Waals surface area contributed by atoms with Gasteiger partial charge in [-0.1, -0.05) is 41.3 Å². The zero-order chi connectivity index (χ0) is 14.5. The van der Waals surface area contributed by atoms with Crippen molar-refractivity contribution < 1.29 is 4.74 Å². The van der Waals surface area contributed by atoms with Gasteiger partial charge in [-0.3, -0.25) is 0 Å². The Balaban J connectivity index is 1.55. The molecule has 1 atom stereocenters. The Morgan fingerprint density at radius 2 is 2.24 bits per heavy atom. The minimum Gasteiger partial charge on any atom is -0.377 e. The van der Waals surface area contributed by atoms with E-state index in [1.165, 1.54) is 24.8 Å². The van der Waals surface area contributed by atoms with E-state index < -0.39 is 0 Å². The molecule has 0 bridgehead atoms. The fourth-order valence-electron chi connectivity index (χ4n) is 2.25. The van der Waals surface area contributed by atoms with Gasteiger partial charge in [-0.25, -0.2) is 0 Å². The summed E-state index contributed by atoms with van der Waals surface area (Å²) >= 11 is 3.34. The van der Waals surface area contributed by atoms with Crippen LogP contribution in [0.3, 0.4) is 0 Å². The Bertz CT molecular complexity index is 582. The third-order valence-corrected chi connectivity index (χ3v) is 5.56. The lowest BCUT2D eigenvalue weighted by molar-refractivity contribution is 0.0315. The molecule has 0 spiro atoms. The summed E-state index contributed by atoms with van der Waals surface area (Å²) in [7, 11) is 0. The third-order valence-electron chi connectivity index (χ3n) is 3.46. The molecule has 1 aliphatic rings. The number of nitrogens with one attached hydrogen (secondary N) is 1. The highest BCUT2D eigenvalue weighted by atomic mass is 32.2. The van der Waals surface area contributed by atoms with Crippen LogP contribution in [-0.2, 0) is 4.74 Å². The van der Waals surface area contributed by atoms with Gasteiger partial charge in [0.15, 0.2) is 4.34 Å². The average Bonchev–Trinajstić information content (AvgIpc) is 2.96. The minimum absolute atomic E-state index is 0.375. The largest absolute Gasteiger partial charge is 0.377 e. The summed E-state index contributed by atoms with van der Waals surface area (Å²) in [6.45, 7) is 2.99. The highest BCUT2D eigenvalue weighted by Crippen LogP contribution is 2.30. The molecule has 0 amide bonds. The van der Waals surface area contributed by atoms with Crippen LogP contribution in [0.25, 0.3) is 0 Å². The van der Waals surface area contributed by atoms with Gasteiger partial charge in [-0.15, -0.1) is 10.2 Å². The number of aryl methyl sites for hydroxylation is 1. The molecule has 1 aromatic carbocycles. The predicted octanol–water partition coefficient (Wildman–Crippen LogP) is 4.25. The Morgan fingerprint density at radius 1 is 1.33 bits per heavy atom. The predicted molar refractivity (Wildman–Crippen MR) is 88.7 cm³/mol. The van der Waals surface area contributed by atoms with Crippen molar-refractivity contribution in [2.24, 2.45) is 0 Å². The number of ether oxygens (including phenoxy) is 1. The first-order chi connectivity index (χ1) is 10.3. The van der Waals surface area contributed by atoms with Gasteiger partial charge in [0, 0.05) is 18.0 Å². The summed E-state index contributed by atoms with van der Waals surface area (Å²) in [5.41, 5.74) is 2.29. The van der Waals surface area contributed by atoms with Crippen LogP contribution in [0.15, 0.2) is 28.6 Å². The highest BCUT2D eigenvalue weighted by Gasteiger charge is 2.15. The third kappa shape index (κ3) is 4.18. The van der Waals surface area contributed by atoms with E-state index in [-0.39, 0.29) is 0 Å². The second kappa shape index (κ2) is 7.24. The highest BCUT2D eigenvalue weighted by molar-refractivity contribution is 8.01. The van der Waals surface area contributed by atoms with Gasteiger partial charge in [0.25, 0.3) is 0 Å². The molecular weight excluding hydrogens is 302 g/mol.